The third-order valence-electron chi connectivity index (χ3n) is 1.85. The van der Waals surface area contributed by atoms with Crippen LogP contribution in [0.25, 0.3) is 0 Å². The molecular formula is C11H9F3O. The topological polar surface area (TPSA) is 20.2 Å². The van der Waals surface area contributed by atoms with E-state index in [1.807, 2.05) is 0 Å². The van der Waals surface area contributed by atoms with Crippen molar-refractivity contribution in [3.05, 3.63) is 35.1 Å². The van der Waals surface area contributed by atoms with Gasteiger partial charge in [0.2, 0.25) is 0 Å². The molecule has 0 aliphatic carbocycles. The van der Waals surface area contributed by atoms with Crippen LogP contribution in [0, 0.1) is 29.3 Å². The van der Waals surface area contributed by atoms with E-state index in [9.17, 15) is 18.3 Å². The minimum Gasteiger partial charge on any atom is -0.387 e. The van der Waals surface area contributed by atoms with E-state index in [1.165, 1.54) is 0 Å². The Bertz CT molecular complexity index is 395. The molecule has 1 rings (SSSR count). The molecule has 1 atom stereocenters. The van der Waals surface area contributed by atoms with Gasteiger partial charge in [-0.05, 0) is 6.92 Å². The molecule has 0 saturated carbocycles. The molecular weight excluding hydrogens is 205 g/mol. The summed E-state index contributed by atoms with van der Waals surface area (Å²) in [5, 5.41) is 9.40. The van der Waals surface area contributed by atoms with Gasteiger partial charge in [0.05, 0.1) is 11.7 Å². The average Bonchev–Trinajstić information content (AvgIpc) is 2.12. The molecule has 80 valence electrons. The second-order valence-corrected chi connectivity index (χ2v) is 2.93. The Morgan fingerprint density at radius 2 is 1.80 bits per heavy atom. The first-order valence-corrected chi connectivity index (χ1v) is 4.28. The van der Waals surface area contributed by atoms with Gasteiger partial charge in [0, 0.05) is 18.6 Å². The maximum Gasteiger partial charge on any atom is 0.134 e. The van der Waals surface area contributed by atoms with Gasteiger partial charge in [-0.3, -0.25) is 0 Å². The van der Waals surface area contributed by atoms with Gasteiger partial charge in [0.25, 0.3) is 0 Å². The van der Waals surface area contributed by atoms with Gasteiger partial charge >= 0.3 is 0 Å². The van der Waals surface area contributed by atoms with Crippen LogP contribution in [0.15, 0.2) is 12.1 Å². The summed E-state index contributed by atoms with van der Waals surface area (Å²) < 4.78 is 38.7. The molecule has 0 aliphatic heterocycles. The molecule has 1 aromatic rings. The second-order valence-electron chi connectivity index (χ2n) is 2.93. The number of rotatable bonds is 2. The maximum atomic E-state index is 13.1. The Balaban J connectivity index is 3.06. The molecule has 0 aliphatic rings. The summed E-state index contributed by atoms with van der Waals surface area (Å²) in [6.07, 6.45) is -1.46. The molecule has 0 heterocycles. The quantitative estimate of drug-likeness (QED) is 0.750. The van der Waals surface area contributed by atoms with Crippen LogP contribution in [0.5, 0.6) is 0 Å². The molecule has 0 radical (unpaired) electrons. The smallest absolute Gasteiger partial charge is 0.134 e. The largest absolute Gasteiger partial charge is 0.387 e. The van der Waals surface area contributed by atoms with Gasteiger partial charge in [-0.25, -0.2) is 13.2 Å². The molecule has 1 nitrogen and oxygen atoms in total. The SMILES string of the molecule is CC#CCC(O)c1c(F)cc(F)cc1F. The van der Waals surface area contributed by atoms with E-state index in [0.29, 0.717) is 12.1 Å². The first-order chi connectivity index (χ1) is 7.06. The van der Waals surface area contributed by atoms with Crippen LogP contribution >= 0.6 is 0 Å². The second kappa shape index (κ2) is 4.85. The van der Waals surface area contributed by atoms with Crippen molar-refractivity contribution in [2.24, 2.45) is 0 Å². The van der Waals surface area contributed by atoms with Gasteiger partial charge in [0.1, 0.15) is 17.5 Å². The summed E-state index contributed by atoms with van der Waals surface area (Å²) in [5.41, 5.74) is -0.542. The summed E-state index contributed by atoms with van der Waals surface area (Å²) in [4.78, 5) is 0. The van der Waals surface area contributed by atoms with Crippen LogP contribution in [0.1, 0.15) is 25.0 Å². The number of aliphatic hydroxyl groups excluding tert-OH is 1. The Morgan fingerprint density at radius 3 is 2.27 bits per heavy atom. The molecule has 0 bridgehead atoms. The first kappa shape index (κ1) is 11.6. The fourth-order valence-corrected chi connectivity index (χ4v) is 1.17. The van der Waals surface area contributed by atoms with Gasteiger partial charge < -0.3 is 5.11 Å². The van der Waals surface area contributed by atoms with Gasteiger partial charge in [-0.1, -0.05) is 0 Å². The number of halogens is 3. The van der Waals surface area contributed by atoms with Crippen molar-refractivity contribution >= 4 is 0 Å². The molecule has 0 saturated heterocycles. The fraction of sp³-hybridized carbons (Fsp3) is 0.273. The molecule has 0 amide bonds. The minimum atomic E-state index is -1.38. The summed E-state index contributed by atoms with van der Waals surface area (Å²) in [6, 6.07) is 1.06. The van der Waals surface area contributed by atoms with Gasteiger partial charge in [0.15, 0.2) is 0 Å². The number of benzene rings is 1. The van der Waals surface area contributed by atoms with Crippen molar-refractivity contribution in [2.75, 3.05) is 0 Å². The summed E-state index contributed by atoms with van der Waals surface area (Å²) >= 11 is 0. The highest BCUT2D eigenvalue weighted by Gasteiger charge is 2.18. The summed E-state index contributed by atoms with van der Waals surface area (Å²) in [6.45, 7) is 1.55. The van der Waals surface area contributed by atoms with E-state index < -0.39 is 29.1 Å². The first-order valence-electron chi connectivity index (χ1n) is 4.28. The zero-order valence-corrected chi connectivity index (χ0v) is 8.02. The average molecular weight is 214 g/mol. The van der Waals surface area contributed by atoms with Crippen LogP contribution in [0.4, 0.5) is 13.2 Å². The van der Waals surface area contributed by atoms with Crippen LogP contribution in [-0.2, 0) is 0 Å². The normalized spacial score (nSPS) is 11.8. The lowest BCUT2D eigenvalue weighted by Gasteiger charge is -2.09. The fourth-order valence-electron chi connectivity index (χ4n) is 1.17. The Hall–Kier alpha value is -1.47. The number of hydrogen-bond acceptors (Lipinski definition) is 1. The lowest BCUT2D eigenvalue weighted by molar-refractivity contribution is 0.173. The van der Waals surface area contributed by atoms with Crippen LogP contribution in [0.2, 0.25) is 0 Å². The molecule has 0 aromatic heterocycles. The molecule has 1 unspecified atom stereocenters. The lowest BCUT2D eigenvalue weighted by Crippen LogP contribution is -2.04. The van der Waals surface area contributed by atoms with Crippen molar-refractivity contribution in [3.63, 3.8) is 0 Å². The number of aliphatic hydroxyl groups is 1. The lowest BCUT2D eigenvalue weighted by atomic mass is 10.1. The van der Waals surface area contributed by atoms with Crippen LogP contribution in [0.3, 0.4) is 0 Å². The van der Waals surface area contributed by atoms with Crippen LogP contribution in [-0.4, -0.2) is 5.11 Å². The zero-order chi connectivity index (χ0) is 11.4. The molecule has 0 fully saturated rings. The zero-order valence-electron chi connectivity index (χ0n) is 8.02. The van der Waals surface area contributed by atoms with E-state index in [1.54, 1.807) is 6.92 Å². The van der Waals surface area contributed by atoms with Crippen molar-refractivity contribution in [1.29, 1.82) is 0 Å². The Labute approximate surface area is 85.5 Å². The maximum absolute atomic E-state index is 13.1. The van der Waals surface area contributed by atoms with Crippen molar-refractivity contribution < 1.29 is 18.3 Å². The van der Waals surface area contributed by atoms with E-state index in [-0.39, 0.29) is 6.42 Å². The van der Waals surface area contributed by atoms with Gasteiger partial charge in [-0.2, -0.15) is 0 Å². The van der Waals surface area contributed by atoms with Crippen molar-refractivity contribution in [2.45, 2.75) is 19.4 Å². The standard InChI is InChI=1S/C11H9F3O/c1-2-3-4-10(15)11-8(13)5-7(12)6-9(11)14/h5-6,10,15H,4H2,1H3. The third kappa shape index (κ3) is 2.74. The van der Waals surface area contributed by atoms with E-state index in [2.05, 4.69) is 11.8 Å². The molecule has 0 spiro atoms. The molecule has 15 heavy (non-hydrogen) atoms. The third-order valence-corrected chi connectivity index (χ3v) is 1.85. The minimum absolute atomic E-state index is 0.0873. The molecule has 1 N–H and O–H groups in total. The summed E-state index contributed by atoms with van der Waals surface area (Å²) in [5.74, 6) is 1.77. The van der Waals surface area contributed by atoms with Crippen molar-refractivity contribution in [3.8, 4) is 11.8 Å². The van der Waals surface area contributed by atoms with E-state index in [0.717, 1.165) is 0 Å². The highest BCUT2D eigenvalue weighted by Crippen LogP contribution is 2.23. The summed E-state index contributed by atoms with van der Waals surface area (Å²) in [7, 11) is 0. The van der Waals surface area contributed by atoms with Crippen LogP contribution < -0.4 is 0 Å². The predicted octanol–water partition coefficient (Wildman–Crippen LogP) is 2.55. The monoisotopic (exact) mass is 214 g/mol. The number of hydrogen-bond donors (Lipinski definition) is 1. The molecule has 4 heteroatoms. The highest BCUT2D eigenvalue weighted by atomic mass is 19.1. The van der Waals surface area contributed by atoms with E-state index in [4.69, 9.17) is 0 Å². The van der Waals surface area contributed by atoms with E-state index >= 15 is 0 Å². The van der Waals surface area contributed by atoms with Crippen molar-refractivity contribution in [1.82, 2.24) is 0 Å². The van der Waals surface area contributed by atoms with Gasteiger partial charge in [-0.15, -0.1) is 11.8 Å². The Morgan fingerprint density at radius 1 is 1.27 bits per heavy atom. The predicted molar refractivity (Wildman–Crippen MR) is 49.3 cm³/mol. The highest BCUT2D eigenvalue weighted by molar-refractivity contribution is 5.24. The Kier molecular flexibility index (Phi) is 3.75. The molecule has 1 aromatic carbocycles.